The zero-order valence-electron chi connectivity index (χ0n) is 14.7. The second kappa shape index (κ2) is 8.05. The van der Waals surface area contributed by atoms with E-state index in [1.54, 1.807) is 6.92 Å². The summed E-state index contributed by atoms with van der Waals surface area (Å²) in [5.41, 5.74) is 0.584. The quantitative estimate of drug-likeness (QED) is 0.879. The highest BCUT2D eigenvalue weighted by atomic mass is 35.5. The van der Waals surface area contributed by atoms with E-state index < -0.39 is 0 Å². The summed E-state index contributed by atoms with van der Waals surface area (Å²) in [5.74, 6) is 1.54. The second-order valence-electron chi connectivity index (χ2n) is 6.69. The molecule has 0 aliphatic carbocycles. The Balaban J connectivity index is 0.00000196. The number of fused-ring (bicyclic) bond motifs is 2. The van der Waals surface area contributed by atoms with E-state index in [0.717, 1.165) is 25.9 Å². The van der Waals surface area contributed by atoms with E-state index in [2.05, 4.69) is 15.5 Å². The van der Waals surface area contributed by atoms with Crippen molar-refractivity contribution in [3.8, 4) is 5.75 Å². The summed E-state index contributed by atoms with van der Waals surface area (Å²) in [6, 6.07) is 8.31. The van der Waals surface area contributed by atoms with Gasteiger partial charge in [0.15, 0.2) is 6.61 Å². The first-order chi connectivity index (χ1) is 12.2. The van der Waals surface area contributed by atoms with Crippen LogP contribution in [0.25, 0.3) is 0 Å². The molecule has 0 spiro atoms. The molecule has 0 saturated carbocycles. The van der Waals surface area contributed by atoms with Crippen molar-refractivity contribution in [1.82, 2.24) is 20.4 Å². The van der Waals surface area contributed by atoms with E-state index in [1.165, 1.54) is 6.42 Å². The number of para-hydroxylation sites is 1. The van der Waals surface area contributed by atoms with Gasteiger partial charge in [0.1, 0.15) is 5.75 Å². The van der Waals surface area contributed by atoms with E-state index in [0.29, 0.717) is 35.1 Å². The summed E-state index contributed by atoms with van der Waals surface area (Å²) in [7, 11) is 0. The lowest BCUT2D eigenvalue weighted by atomic mass is 10.1. The highest BCUT2D eigenvalue weighted by Gasteiger charge is 2.32. The van der Waals surface area contributed by atoms with Gasteiger partial charge in [-0.1, -0.05) is 17.3 Å². The third-order valence-electron chi connectivity index (χ3n) is 4.85. The van der Waals surface area contributed by atoms with Crippen LogP contribution >= 0.6 is 12.4 Å². The van der Waals surface area contributed by atoms with Crippen LogP contribution in [0.5, 0.6) is 5.75 Å². The van der Waals surface area contributed by atoms with Crippen LogP contribution < -0.4 is 10.1 Å². The fraction of sp³-hybridized carbons (Fsp3) is 0.500. The first-order valence-corrected chi connectivity index (χ1v) is 8.75. The van der Waals surface area contributed by atoms with Crippen LogP contribution in [0.1, 0.15) is 41.3 Å². The number of amides is 1. The predicted octanol–water partition coefficient (Wildman–Crippen LogP) is 2.35. The van der Waals surface area contributed by atoms with Crippen molar-refractivity contribution in [2.45, 2.75) is 44.9 Å². The Hall–Kier alpha value is -2.12. The van der Waals surface area contributed by atoms with Crippen LogP contribution in [0.4, 0.5) is 0 Å². The number of halogens is 1. The lowest BCUT2D eigenvalue weighted by Gasteiger charge is -2.25. The van der Waals surface area contributed by atoms with Crippen LogP contribution in [0.3, 0.4) is 0 Å². The molecule has 1 aromatic heterocycles. The van der Waals surface area contributed by atoms with Crippen LogP contribution in [0, 0.1) is 6.92 Å². The third kappa shape index (κ3) is 3.99. The maximum Gasteiger partial charge on any atom is 0.257 e. The van der Waals surface area contributed by atoms with Gasteiger partial charge >= 0.3 is 0 Å². The number of aromatic nitrogens is 2. The number of ether oxygens (including phenoxy) is 1. The van der Waals surface area contributed by atoms with Gasteiger partial charge in [-0.05, 0) is 31.4 Å². The molecule has 2 aliphatic rings. The fourth-order valence-electron chi connectivity index (χ4n) is 3.61. The van der Waals surface area contributed by atoms with Crippen molar-refractivity contribution >= 4 is 18.3 Å². The van der Waals surface area contributed by atoms with Gasteiger partial charge in [-0.15, -0.1) is 12.4 Å². The average molecular weight is 379 g/mol. The summed E-state index contributed by atoms with van der Waals surface area (Å²) in [4.78, 5) is 19.1. The molecule has 2 fully saturated rings. The molecule has 1 aromatic carbocycles. The molecule has 2 unspecified atom stereocenters. The van der Waals surface area contributed by atoms with Gasteiger partial charge in [-0.3, -0.25) is 4.79 Å². The van der Waals surface area contributed by atoms with E-state index in [1.807, 2.05) is 29.2 Å². The Labute approximate surface area is 158 Å². The van der Waals surface area contributed by atoms with Crippen molar-refractivity contribution < 1.29 is 14.1 Å². The second-order valence-corrected chi connectivity index (χ2v) is 6.69. The van der Waals surface area contributed by atoms with E-state index >= 15 is 0 Å². The fourth-order valence-corrected chi connectivity index (χ4v) is 3.61. The number of aryl methyl sites for hydroxylation is 1. The molecule has 3 heterocycles. The number of likely N-dealkylation sites (tertiary alicyclic amines) is 1. The smallest absolute Gasteiger partial charge is 0.257 e. The number of carbonyl (C=O) groups excluding carboxylic acids is 1. The van der Waals surface area contributed by atoms with Crippen molar-refractivity contribution in [2.75, 3.05) is 13.1 Å². The molecule has 2 aliphatic heterocycles. The minimum Gasteiger partial charge on any atom is -0.485 e. The molecule has 0 radical (unpaired) electrons. The Morgan fingerprint density at radius 1 is 1.31 bits per heavy atom. The lowest BCUT2D eigenvalue weighted by Crippen LogP contribution is -2.39. The van der Waals surface area contributed by atoms with Crippen molar-refractivity contribution in [3.05, 3.63) is 41.5 Å². The minimum absolute atomic E-state index is 0. The van der Waals surface area contributed by atoms with E-state index in [9.17, 15) is 4.79 Å². The summed E-state index contributed by atoms with van der Waals surface area (Å²) in [5, 5.41) is 7.42. The van der Waals surface area contributed by atoms with Crippen LogP contribution in [-0.4, -0.2) is 46.1 Å². The van der Waals surface area contributed by atoms with Gasteiger partial charge in [0.25, 0.3) is 5.91 Å². The molecule has 2 aromatic rings. The third-order valence-corrected chi connectivity index (χ3v) is 4.85. The SMILES string of the molecule is Cc1nc(COc2ccccc2C(=O)N2CCC3CCC(C2)N3)no1.Cl. The summed E-state index contributed by atoms with van der Waals surface area (Å²) < 4.78 is 10.7. The Bertz CT molecular complexity index is 766. The Morgan fingerprint density at radius 3 is 2.92 bits per heavy atom. The maximum atomic E-state index is 13.0. The number of benzene rings is 1. The highest BCUT2D eigenvalue weighted by molar-refractivity contribution is 5.97. The molecule has 26 heavy (non-hydrogen) atoms. The van der Waals surface area contributed by atoms with Crippen LogP contribution in [0.15, 0.2) is 28.8 Å². The van der Waals surface area contributed by atoms with Gasteiger partial charge in [0.2, 0.25) is 11.7 Å². The van der Waals surface area contributed by atoms with E-state index in [-0.39, 0.29) is 24.9 Å². The Morgan fingerprint density at radius 2 is 2.12 bits per heavy atom. The van der Waals surface area contributed by atoms with Crippen LogP contribution in [0.2, 0.25) is 0 Å². The molecular weight excluding hydrogens is 356 g/mol. The molecule has 1 amide bonds. The van der Waals surface area contributed by atoms with Gasteiger partial charge in [0.05, 0.1) is 5.56 Å². The molecule has 2 bridgehead atoms. The normalized spacial score (nSPS) is 21.8. The number of hydrogen-bond donors (Lipinski definition) is 1. The van der Waals surface area contributed by atoms with E-state index in [4.69, 9.17) is 9.26 Å². The Kier molecular flexibility index (Phi) is 5.78. The summed E-state index contributed by atoms with van der Waals surface area (Å²) in [6.07, 6.45) is 3.37. The largest absolute Gasteiger partial charge is 0.485 e. The molecular formula is C18H23ClN4O3. The molecule has 2 saturated heterocycles. The number of nitrogens with zero attached hydrogens (tertiary/aromatic N) is 3. The van der Waals surface area contributed by atoms with Crippen molar-refractivity contribution in [3.63, 3.8) is 0 Å². The standard InChI is InChI=1S/C18H22N4O3.ClH/c1-12-19-17(21-25-12)11-24-16-5-3-2-4-15(16)18(23)22-9-8-13-6-7-14(10-22)20-13;/h2-5,13-14,20H,6-11H2,1H3;1H. The predicted molar refractivity (Wildman–Crippen MR) is 97.5 cm³/mol. The summed E-state index contributed by atoms with van der Waals surface area (Å²) >= 11 is 0. The topological polar surface area (TPSA) is 80.5 Å². The number of hydrogen-bond acceptors (Lipinski definition) is 6. The maximum absolute atomic E-state index is 13.0. The molecule has 4 rings (SSSR count). The van der Waals surface area contributed by atoms with Gasteiger partial charge in [-0.25, -0.2) is 0 Å². The number of carbonyl (C=O) groups is 1. The summed E-state index contributed by atoms with van der Waals surface area (Å²) in [6.45, 7) is 3.45. The molecule has 140 valence electrons. The monoisotopic (exact) mass is 378 g/mol. The lowest BCUT2D eigenvalue weighted by molar-refractivity contribution is 0.0743. The first-order valence-electron chi connectivity index (χ1n) is 8.75. The van der Waals surface area contributed by atoms with Gasteiger partial charge in [-0.2, -0.15) is 4.98 Å². The van der Waals surface area contributed by atoms with Crippen LogP contribution in [-0.2, 0) is 6.61 Å². The van der Waals surface area contributed by atoms with Crippen molar-refractivity contribution in [1.29, 1.82) is 0 Å². The zero-order valence-corrected chi connectivity index (χ0v) is 15.5. The molecule has 7 nitrogen and oxygen atoms in total. The first kappa shape index (κ1) is 18.7. The zero-order chi connectivity index (χ0) is 17.2. The minimum atomic E-state index is 0. The molecule has 8 heteroatoms. The number of nitrogens with one attached hydrogen (secondary N) is 1. The highest BCUT2D eigenvalue weighted by Crippen LogP contribution is 2.25. The van der Waals surface area contributed by atoms with Gasteiger partial charge < -0.3 is 19.5 Å². The van der Waals surface area contributed by atoms with Gasteiger partial charge in [0, 0.05) is 32.1 Å². The molecule has 1 N–H and O–H groups in total. The number of rotatable bonds is 4. The molecule has 2 atom stereocenters. The average Bonchev–Trinajstić information content (AvgIpc) is 3.17. The van der Waals surface area contributed by atoms with Crippen molar-refractivity contribution in [2.24, 2.45) is 0 Å².